The van der Waals surface area contributed by atoms with Gasteiger partial charge in [0.2, 0.25) is 0 Å². The van der Waals surface area contributed by atoms with E-state index in [4.69, 9.17) is 57.4 Å². The van der Waals surface area contributed by atoms with Gasteiger partial charge in [0, 0.05) is 13.7 Å². The molecule has 19 heavy (non-hydrogen) atoms. The van der Waals surface area contributed by atoms with Gasteiger partial charge in [-0.25, -0.2) is 0 Å². The Morgan fingerprint density at radius 1 is 0.579 bits per heavy atom. The second-order valence-corrected chi connectivity index (χ2v) is 2.95. The first kappa shape index (κ1) is 42.9. The summed E-state index contributed by atoms with van der Waals surface area (Å²) in [4.78, 5) is 59.7. The molecule has 18 heteroatoms. The van der Waals surface area contributed by atoms with E-state index in [0.29, 0.717) is 0 Å². The van der Waals surface area contributed by atoms with Crippen LogP contribution < -0.4 is 68.9 Å². The van der Waals surface area contributed by atoms with Crippen LogP contribution in [-0.4, -0.2) is 29.4 Å². The first-order valence-corrected chi connectivity index (χ1v) is 6.89. The maximum Gasteiger partial charge on any atom is 1.00 e. The van der Waals surface area contributed by atoms with Gasteiger partial charge in [-0.2, -0.15) is 0 Å². The first-order valence-electron chi connectivity index (χ1n) is 2.30. The quantitative estimate of drug-likeness (QED) is 0.169. The summed E-state index contributed by atoms with van der Waals surface area (Å²) < 4.78 is 34.6. The standard InChI is InChI=1S/CH4.2Na.4HO3P/c;;;4*1-4(2)3/h1H4;;;3*(H-,1,2,3);(H,1,2,3)/q;2*+1;;;;/p+2. The zero-order chi connectivity index (χ0) is 14.3. The van der Waals surface area contributed by atoms with E-state index >= 15 is 0 Å². The third-order valence-corrected chi connectivity index (χ3v) is 0. The molecule has 0 aromatic heterocycles. The zero-order valence-corrected chi connectivity index (χ0v) is 16.5. The molecule has 0 fully saturated rings. The Morgan fingerprint density at radius 3 is 0.579 bits per heavy atom. The molecule has 0 saturated carbocycles. The minimum absolute atomic E-state index is 0. The predicted molar refractivity (Wildman–Crippen MR) is 50.5 cm³/mol. The molecule has 0 rings (SSSR count). The van der Waals surface area contributed by atoms with Crippen molar-refractivity contribution in [3.63, 3.8) is 0 Å². The van der Waals surface area contributed by atoms with Crippen molar-refractivity contribution in [2.45, 2.75) is 7.43 Å². The van der Waals surface area contributed by atoms with E-state index in [2.05, 4.69) is 0 Å². The number of hydrogen-bond donors (Lipinski definition) is 6. The molecule has 0 aliphatic rings. The maximum absolute atomic E-state index is 8.70. The predicted octanol–water partition coefficient (Wildman–Crippen LogP) is -8.11. The summed E-state index contributed by atoms with van der Waals surface area (Å²) in [5.74, 6) is 0. The van der Waals surface area contributed by atoms with Crippen LogP contribution in [0.1, 0.15) is 7.43 Å². The minimum Gasteiger partial charge on any atom is -0.598 e. The summed E-state index contributed by atoms with van der Waals surface area (Å²) in [5.41, 5.74) is 0. The second-order valence-electron chi connectivity index (χ2n) is 0.982. The summed E-state index contributed by atoms with van der Waals surface area (Å²) in [5, 5.41) is 0. The SMILES string of the molecule is C.O=[P+](O)O.O=[P+](O)O.O=[P+](O)O.O=[P+]([O-])[O-].[Na+].[Na+]. The van der Waals surface area contributed by atoms with Gasteiger partial charge in [0.25, 0.3) is 8.25 Å². The molecule has 0 unspecified atom stereocenters. The molecule has 0 heterocycles. The van der Waals surface area contributed by atoms with Crippen LogP contribution in [0.2, 0.25) is 0 Å². The molecule has 12 nitrogen and oxygen atoms in total. The van der Waals surface area contributed by atoms with Gasteiger partial charge in [0.15, 0.2) is 0 Å². The normalized spacial score (nSPS) is 5.47. The van der Waals surface area contributed by atoms with Gasteiger partial charge < -0.3 is 9.79 Å². The molecule has 0 bridgehead atoms. The summed E-state index contributed by atoms with van der Waals surface area (Å²) in [6, 6.07) is 0. The molecule has 0 atom stereocenters. The van der Waals surface area contributed by atoms with Gasteiger partial charge in [-0.3, -0.25) is 0 Å². The summed E-state index contributed by atoms with van der Waals surface area (Å²) >= 11 is 0. The van der Waals surface area contributed by atoms with Crippen molar-refractivity contribution in [3.05, 3.63) is 0 Å². The fraction of sp³-hybridized carbons (Fsp3) is 1.00. The van der Waals surface area contributed by atoms with Crippen molar-refractivity contribution in [2.75, 3.05) is 0 Å². The van der Waals surface area contributed by atoms with Gasteiger partial charge >= 0.3 is 83.9 Å². The van der Waals surface area contributed by atoms with Gasteiger partial charge in [-0.15, -0.1) is 29.4 Å². The summed E-state index contributed by atoms with van der Waals surface area (Å²) in [6.45, 7) is 0. The maximum atomic E-state index is 8.70. The molecule has 0 aromatic rings. The molecule has 0 amide bonds. The van der Waals surface area contributed by atoms with Crippen molar-refractivity contribution in [2.24, 2.45) is 0 Å². The average Bonchev–Trinajstić information content (AvgIpc) is 1.76. The van der Waals surface area contributed by atoms with E-state index in [9.17, 15) is 0 Å². The topological polar surface area (TPSA) is 236 Å². The smallest absolute Gasteiger partial charge is 0.598 e. The van der Waals surface area contributed by atoms with Crippen LogP contribution in [0.25, 0.3) is 0 Å². The van der Waals surface area contributed by atoms with Crippen molar-refractivity contribution >= 4 is 33.0 Å². The summed E-state index contributed by atoms with van der Waals surface area (Å²) in [6.07, 6.45) is 0. The van der Waals surface area contributed by atoms with E-state index in [0.717, 1.165) is 0 Å². The Balaban J connectivity index is -0.0000000192. The van der Waals surface area contributed by atoms with Gasteiger partial charge in [0.1, 0.15) is 0 Å². The van der Waals surface area contributed by atoms with Crippen LogP contribution >= 0.6 is 33.0 Å². The molecule has 0 aromatic carbocycles. The molecule has 104 valence electrons. The Bertz CT molecular complexity index is 168. The van der Waals surface area contributed by atoms with Crippen LogP contribution in [0, 0.1) is 0 Å². The number of hydrogen-bond acceptors (Lipinski definition) is 6. The fourth-order valence-electron chi connectivity index (χ4n) is 0. The Kier molecular flexibility index (Phi) is 83.2. The van der Waals surface area contributed by atoms with Crippen LogP contribution in [0.4, 0.5) is 0 Å². The molecule has 6 N–H and O–H groups in total. The molecular weight excluding hydrogens is 374 g/mol. The molecule has 0 spiro atoms. The van der Waals surface area contributed by atoms with E-state index in [1.54, 1.807) is 0 Å². The third kappa shape index (κ3) is 1520. The summed E-state index contributed by atoms with van der Waals surface area (Å²) in [7, 11) is -12.0. The van der Waals surface area contributed by atoms with Crippen LogP contribution in [0.3, 0.4) is 0 Å². The van der Waals surface area contributed by atoms with Gasteiger partial charge in [-0.05, 0) is 0 Å². The van der Waals surface area contributed by atoms with Gasteiger partial charge in [-0.1, -0.05) is 12.0 Å². The van der Waals surface area contributed by atoms with Crippen LogP contribution in [0.15, 0.2) is 0 Å². The third-order valence-electron chi connectivity index (χ3n) is 0. The van der Waals surface area contributed by atoms with Crippen LogP contribution in [0.5, 0.6) is 0 Å². The van der Waals surface area contributed by atoms with E-state index < -0.39 is 33.0 Å². The van der Waals surface area contributed by atoms with Crippen LogP contribution in [-0.2, 0) is 18.3 Å². The average molecular weight is 384 g/mol. The zero-order valence-electron chi connectivity index (χ0n) is 8.92. The Labute approximate surface area is 155 Å². The monoisotopic (exact) mass is 384 g/mol. The molecular formula is CH10Na2O12P4+4. The Hall–Kier alpha value is 2.08. The number of rotatable bonds is 0. The van der Waals surface area contributed by atoms with E-state index in [-0.39, 0.29) is 66.5 Å². The minimum atomic E-state index is -3.37. The molecule has 0 saturated heterocycles. The molecule has 0 aliphatic heterocycles. The molecule has 0 aliphatic carbocycles. The van der Waals surface area contributed by atoms with Crippen molar-refractivity contribution in [1.82, 2.24) is 0 Å². The van der Waals surface area contributed by atoms with Crippen molar-refractivity contribution in [3.8, 4) is 0 Å². The second kappa shape index (κ2) is 36.9. The largest absolute Gasteiger partial charge is 1.00 e. The van der Waals surface area contributed by atoms with E-state index in [1.165, 1.54) is 0 Å². The van der Waals surface area contributed by atoms with Gasteiger partial charge in [0.05, 0.1) is 0 Å². The van der Waals surface area contributed by atoms with Crippen molar-refractivity contribution in [1.29, 1.82) is 0 Å². The van der Waals surface area contributed by atoms with Crippen molar-refractivity contribution < 1.29 is 117 Å². The van der Waals surface area contributed by atoms with E-state index in [1.807, 2.05) is 0 Å². The fourth-order valence-corrected chi connectivity index (χ4v) is 0. The first-order chi connectivity index (χ1) is 6.93. The molecule has 0 radical (unpaired) electrons. The Morgan fingerprint density at radius 2 is 0.579 bits per heavy atom.